The third-order valence-corrected chi connectivity index (χ3v) is 5.71. The topological polar surface area (TPSA) is 108 Å². The Morgan fingerprint density at radius 1 is 0.649 bits per heavy atom. The number of hydrogen-bond donors (Lipinski definition) is 4. The standard InChI is InChI=1S/C30H29NO6/c32-25-15-24(16-26(33)30(25)35)18-29(34)31-14-13-21-11-12-27(36-19-22-7-3-1-4-8-22)28(17-21)37-20-23-9-5-2-6-10-23/h1-12,15-17,32-33,35H,13-14,18-20H2,(H,31,34). The van der Waals surface area contributed by atoms with Crippen LogP contribution >= 0.6 is 0 Å². The molecule has 0 bridgehead atoms. The maximum atomic E-state index is 12.3. The van der Waals surface area contributed by atoms with Crippen LogP contribution in [0.15, 0.2) is 91.0 Å². The molecule has 0 spiro atoms. The molecular weight excluding hydrogens is 470 g/mol. The van der Waals surface area contributed by atoms with Crippen LogP contribution in [0.3, 0.4) is 0 Å². The van der Waals surface area contributed by atoms with Crippen molar-refractivity contribution in [3.63, 3.8) is 0 Å². The van der Waals surface area contributed by atoms with Gasteiger partial charge in [0.15, 0.2) is 28.7 Å². The van der Waals surface area contributed by atoms with Gasteiger partial charge in [-0.25, -0.2) is 0 Å². The molecule has 0 heterocycles. The zero-order valence-corrected chi connectivity index (χ0v) is 20.3. The molecular formula is C30H29NO6. The van der Waals surface area contributed by atoms with Gasteiger partial charge in [-0.1, -0.05) is 66.7 Å². The molecule has 4 rings (SSSR count). The number of carbonyl (C=O) groups excluding carboxylic acids is 1. The van der Waals surface area contributed by atoms with Crippen LogP contribution in [0.4, 0.5) is 0 Å². The number of phenols is 3. The van der Waals surface area contributed by atoms with Crippen molar-refractivity contribution in [1.82, 2.24) is 5.32 Å². The molecule has 0 fully saturated rings. The lowest BCUT2D eigenvalue weighted by atomic mass is 10.1. The minimum atomic E-state index is -0.606. The molecule has 4 aromatic rings. The molecule has 0 aliphatic carbocycles. The van der Waals surface area contributed by atoms with Crippen molar-refractivity contribution < 1.29 is 29.6 Å². The van der Waals surface area contributed by atoms with Crippen LogP contribution in [0.5, 0.6) is 28.7 Å². The van der Waals surface area contributed by atoms with Crippen LogP contribution in [0.25, 0.3) is 0 Å². The predicted molar refractivity (Wildman–Crippen MR) is 140 cm³/mol. The molecule has 7 heteroatoms. The number of nitrogens with one attached hydrogen (secondary N) is 1. The number of aromatic hydroxyl groups is 3. The molecule has 4 N–H and O–H groups in total. The number of amides is 1. The predicted octanol–water partition coefficient (Wildman–Crippen LogP) is 4.86. The first-order chi connectivity index (χ1) is 18.0. The fraction of sp³-hybridized carbons (Fsp3) is 0.167. The fourth-order valence-electron chi connectivity index (χ4n) is 3.77. The highest BCUT2D eigenvalue weighted by Gasteiger charge is 2.12. The molecule has 190 valence electrons. The van der Waals surface area contributed by atoms with Crippen LogP contribution in [0.1, 0.15) is 22.3 Å². The van der Waals surface area contributed by atoms with E-state index in [1.54, 1.807) is 0 Å². The molecule has 4 aromatic carbocycles. The van der Waals surface area contributed by atoms with Gasteiger partial charge in [0.25, 0.3) is 0 Å². The van der Waals surface area contributed by atoms with Crippen molar-refractivity contribution in [3.8, 4) is 28.7 Å². The van der Waals surface area contributed by atoms with E-state index in [9.17, 15) is 20.1 Å². The summed E-state index contributed by atoms with van der Waals surface area (Å²) >= 11 is 0. The van der Waals surface area contributed by atoms with Crippen molar-refractivity contribution in [2.75, 3.05) is 6.54 Å². The van der Waals surface area contributed by atoms with E-state index in [4.69, 9.17) is 9.47 Å². The first-order valence-corrected chi connectivity index (χ1v) is 11.9. The molecule has 37 heavy (non-hydrogen) atoms. The van der Waals surface area contributed by atoms with Crippen molar-refractivity contribution in [1.29, 1.82) is 0 Å². The fourth-order valence-corrected chi connectivity index (χ4v) is 3.77. The first kappa shape index (κ1) is 25.4. The summed E-state index contributed by atoms with van der Waals surface area (Å²) in [5.74, 6) is -0.558. The van der Waals surface area contributed by atoms with Gasteiger partial charge >= 0.3 is 0 Å². The van der Waals surface area contributed by atoms with Crippen molar-refractivity contribution in [2.24, 2.45) is 0 Å². The maximum Gasteiger partial charge on any atom is 0.224 e. The Balaban J connectivity index is 1.37. The number of carbonyl (C=O) groups is 1. The normalized spacial score (nSPS) is 10.6. The SMILES string of the molecule is O=C(Cc1cc(O)c(O)c(O)c1)NCCc1ccc(OCc2ccccc2)c(OCc2ccccc2)c1. The van der Waals surface area contributed by atoms with E-state index >= 15 is 0 Å². The second kappa shape index (κ2) is 12.4. The first-order valence-electron chi connectivity index (χ1n) is 11.9. The number of ether oxygens (including phenoxy) is 2. The average Bonchev–Trinajstić information content (AvgIpc) is 2.91. The minimum Gasteiger partial charge on any atom is -0.504 e. The van der Waals surface area contributed by atoms with Crippen LogP contribution in [-0.2, 0) is 30.8 Å². The smallest absolute Gasteiger partial charge is 0.224 e. The Morgan fingerprint density at radius 3 is 1.81 bits per heavy atom. The van der Waals surface area contributed by atoms with E-state index in [1.807, 2.05) is 78.9 Å². The summed E-state index contributed by atoms with van der Waals surface area (Å²) in [5, 5.41) is 31.5. The van der Waals surface area contributed by atoms with Crippen molar-refractivity contribution in [2.45, 2.75) is 26.1 Å². The molecule has 0 aliphatic rings. The molecule has 0 aliphatic heterocycles. The van der Waals surface area contributed by atoms with Crippen molar-refractivity contribution >= 4 is 5.91 Å². The summed E-state index contributed by atoms with van der Waals surface area (Å²) < 4.78 is 12.2. The van der Waals surface area contributed by atoms with E-state index in [0.717, 1.165) is 16.7 Å². The van der Waals surface area contributed by atoms with Gasteiger partial charge in [-0.15, -0.1) is 0 Å². The zero-order chi connectivity index (χ0) is 26.0. The average molecular weight is 500 g/mol. The maximum absolute atomic E-state index is 12.3. The molecule has 0 atom stereocenters. The highest BCUT2D eigenvalue weighted by Crippen LogP contribution is 2.35. The highest BCUT2D eigenvalue weighted by atomic mass is 16.5. The number of benzene rings is 4. The summed E-state index contributed by atoms with van der Waals surface area (Å²) in [6.45, 7) is 1.20. The molecule has 1 amide bonds. The molecule has 0 unspecified atom stereocenters. The Kier molecular flexibility index (Phi) is 8.49. The third kappa shape index (κ3) is 7.41. The lowest BCUT2D eigenvalue weighted by Crippen LogP contribution is -2.27. The Hall–Kier alpha value is -4.65. The van der Waals surface area contributed by atoms with Gasteiger partial charge in [-0.05, 0) is 52.9 Å². The van der Waals surface area contributed by atoms with Gasteiger partial charge in [0, 0.05) is 6.54 Å². The van der Waals surface area contributed by atoms with Gasteiger partial charge in [0.2, 0.25) is 5.91 Å². The molecule has 0 saturated carbocycles. The van der Waals surface area contributed by atoms with Gasteiger partial charge in [-0.3, -0.25) is 4.79 Å². The summed E-state index contributed by atoms with van der Waals surface area (Å²) in [5.41, 5.74) is 3.45. The number of hydrogen-bond acceptors (Lipinski definition) is 6. The second-order valence-corrected chi connectivity index (χ2v) is 8.59. The lowest BCUT2D eigenvalue weighted by Gasteiger charge is -2.15. The molecule has 7 nitrogen and oxygen atoms in total. The van der Waals surface area contributed by atoms with E-state index in [1.165, 1.54) is 12.1 Å². The monoisotopic (exact) mass is 499 g/mol. The van der Waals surface area contributed by atoms with Crippen LogP contribution in [-0.4, -0.2) is 27.8 Å². The minimum absolute atomic E-state index is 0.0426. The lowest BCUT2D eigenvalue weighted by molar-refractivity contribution is -0.120. The van der Waals surface area contributed by atoms with Gasteiger partial charge in [0.1, 0.15) is 13.2 Å². The van der Waals surface area contributed by atoms with Gasteiger partial charge < -0.3 is 30.1 Å². The summed E-state index contributed by atoms with van der Waals surface area (Å²) in [6, 6.07) is 28.0. The van der Waals surface area contributed by atoms with Crippen LogP contribution in [0.2, 0.25) is 0 Å². The van der Waals surface area contributed by atoms with Gasteiger partial charge in [0.05, 0.1) is 6.42 Å². The van der Waals surface area contributed by atoms with Crippen molar-refractivity contribution in [3.05, 3.63) is 113 Å². The Labute approximate surface area is 215 Å². The number of rotatable bonds is 11. The van der Waals surface area contributed by atoms with E-state index in [0.29, 0.717) is 43.2 Å². The van der Waals surface area contributed by atoms with Gasteiger partial charge in [-0.2, -0.15) is 0 Å². The molecule has 0 radical (unpaired) electrons. The third-order valence-electron chi connectivity index (χ3n) is 5.71. The quantitative estimate of drug-likeness (QED) is 0.220. The van der Waals surface area contributed by atoms with Crippen LogP contribution in [0, 0.1) is 0 Å². The van der Waals surface area contributed by atoms with E-state index < -0.39 is 17.2 Å². The van der Waals surface area contributed by atoms with E-state index in [-0.39, 0.29) is 12.3 Å². The number of phenolic OH excluding ortho intramolecular Hbond substituents is 3. The summed E-state index contributed by atoms with van der Waals surface area (Å²) in [7, 11) is 0. The highest BCUT2D eigenvalue weighted by molar-refractivity contribution is 5.79. The summed E-state index contributed by atoms with van der Waals surface area (Å²) in [6.07, 6.45) is 0.525. The molecule has 0 saturated heterocycles. The van der Waals surface area contributed by atoms with E-state index in [2.05, 4.69) is 5.32 Å². The summed E-state index contributed by atoms with van der Waals surface area (Å²) in [4.78, 5) is 12.3. The zero-order valence-electron chi connectivity index (χ0n) is 20.3. The Morgan fingerprint density at radius 2 is 1.22 bits per heavy atom. The molecule has 0 aromatic heterocycles. The Bertz CT molecular complexity index is 1300. The second-order valence-electron chi connectivity index (χ2n) is 8.59. The largest absolute Gasteiger partial charge is 0.504 e. The van der Waals surface area contributed by atoms with Crippen LogP contribution < -0.4 is 14.8 Å².